The van der Waals surface area contributed by atoms with Gasteiger partial charge in [-0.25, -0.2) is 0 Å². The summed E-state index contributed by atoms with van der Waals surface area (Å²) in [6.07, 6.45) is 9.60. The van der Waals surface area contributed by atoms with E-state index < -0.39 is 11.4 Å². The van der Waals surface area contributed by atoms with Crippen LogP contribution in [-0.4, -0.2) is 52.5 Å². The van der Waals surface area contributed by atoms with Gasteiger partial charge in [0.1, 0.15) is 0 Å². The number of aliphatic carboxylic acids is 1. The van der Waals surface area contributed by atoms with Gasteiger partial charge in [0, 0.05) is 30.0 Å². The molecule has 6 nitrogen and oxygen atoms in total. The first kappa shape index (κ1) is 31.8. The van der Waals surface area contributed by atoms with Crippen LogP contribution in [0.4, 0.5) is 0 Å². The van der Waals surface area contributed by atoms with Gasteiger partial charge in [0.2, 0.25) is 5.91 Å². The van der Waals surface area contributed by atoms with Gasteiger partial charge in [-0.3, -0.25) is 9.59 Å². The highest BCUT2D eigenvalue weighted by molar-refractivity contribution is 5.94. The van der Waals surface area contributed by atoms with E-state index in [0.717, 1.165) is 75.7 Å². The van der Waals surface area contributed by atoms with Gasteiger partial charge in [-0.1, -0.05) is 30.2 Å². The number of rotatable bonds is 10. The Hall–Kier alpha value is -3.12. The number of fused-ring (bicyclic) bond motifs is 4. The highest BCUT2D eigenvalue weighted by Gasteiger charge is 2.42. The van der Waals surface area contributed by atoms with Crippen LogP contribution in [0.15, 0.2) is 36.4 Å². The van der Waals surface area contributed by atoms with Gasteiger partial charge < -0.3 is 20.3 Å². The van der Waals surface area contributed by atoms with E-state index in [0.29, 0.717) is 17.9 Å². The molecule has 7 rings (SSSR count). The molecule has 2 bridgehead atoms. The minimum Gasteiger partial charge on any atom is -0.481 e. The molecule has 1 atom stereocenters. The van der Waals surface area contributed by atoms with E-state index in [1.54, 1.807) is 0 Å². The van der Waals surface area contributed by atoms with E-state index in [1.165, 1.54) is 46.2 Å². The van der Waals surface area contributed by atoms with Gasteiger partial charge >= 0.3 is 5.97 Å². The van der Waals surface area contributed by atoms with E-state index in [2.05, 4.69) is 86.2 Å². The van der Waals surface area contributed by atoms with Crippen LogP contribution >= 0.6 is 0 Å². The zero-order chi connectivity index (χ0) is 31.9. The second-order valence-electron chi connectivity index (χ2n) is 15.3. The van der Waals surface area contributed by atoms with Crippen LogP contribution in [0.1, 0.15) is 107 Å². The minimum atomic E-state index is -0.631. The van der Waals surface area contributed by atoms with Crippen LogP contribution in [0.25, 0.3) is 22.2 Å². The van der Waals surface area contributed by atoms with Crippen molar-refractivity contribution in [1.82, 2.24) is 15.2 Å². The van der Waals surface area contributed by atoms with E-state index in [4.69, 9.17) is 0 Å². The lowest BCUT2D eigenvalue weighted by molar-refractivity contribution is -0.144. The first-order valence-electron chi connectivity index (χ1n) is 17.5. The van der Waals surface area contributed by atoms with Crippen molar-refractivity contribution in [2.24, 2.45) is 17.8 Å². The van der Waals surface area contributed by atoms with Gasteiger partial charge in [-0.05, 0) is 151 Å². The molecule has 2 aliphatic heterocycles. The van der Waals surface area contributed by atoms with Gasteiger partial charge in [-0.15, -0.1) is 0 Å². The third-order valence-corrected chi connectivity index (χ3v) is 11.4. The Morgan fingerprint density at radius 3 is 2.29 bits per heavy atom. The van der Waals surface area contributed by atoms with E-state index in [9.17, 15) is 14.7 Å². The number of hydrogen-bond acceptors (Lipinski definition) is 3. The summed E-state index contributed by atoms with van der Waals surface area (Å²) < 4.78 is 0. The second kappa shape index (κ2) is 12.9. The summed E-state index contributed by atoms with van der Waals surface area (Å²) in [6.45, 7) is 13.6. The van der Waals surface area contributed by atoms with Crippen molar-refractivity contribution in [1.29, 1.82) is 0 Å². The number of hydrogen-bond donors (Lipinski definition) is 3. The second-order valence-corrected chi connectivity index (χ2v) is 15.3. The Bertz CT molecular complexity index is 1520. The van der Waals surface area contributed by atoms with Crippen molar-refractivity contribution in [3.63, 3.8) is 0 Å². The number of aryl methyl sites for hydroxylation is 2. The third kappa shape index (κ3) is 6.58. The molecule has 3 heterocycles. The molecule has 4 fully saturated rings. The minimum absolute atomic E-state index is 0.153. The largest absolute Gasteiger partial charge is 0.481 e. The number of amides is 1. The molecule has 1 aromatic heterocycles. The Kier molecular flexibility index (Phi) is 9.16. The topological polar surface area (TPSA) is 85.4 Å². The molecule has 45 heavy (non-hydrogen) atoms. The fourth-order valence-corrected chi connectivity index (χ4v) is 8.68. The predicted octanol–water partition coefficient (Wildman–Crippen LogP) is 8.10. The summed E-state index contributed by atoms with van der Waals surface area (Å²) in [6, 6.07) is 13.8. The summed E-state index contributed by atoms with van der Waals surface area (Å²) in [7, 11) is 0. The van der Waals surface area contributed by atoms with Crippen molar-refractivity contribution in [2.75, 3.05) is 19.6 Å². The summed E-state index contributed by atoms with van der Waals surface area (Å²) >= 11 is 0. The molecule has 2 aromatic carbocycles. The molecule has 2 saturated heterocycles. The lowest BCUT2D eigenvalue weighted by Crippen LogP contribution is -2.55. The third-order valence-electron chi connectivity index (χ3n) is 11.4. The fraction of sp³-hybridized carbons (Fsp3) is 0.590. The van der Waals surface area contributed by atoms with Crippen LogP contribution in [0.3, 0.4) is 0 Å². The molecule has 2 aliphatic carbocycles. The average Bonchev–Trinajstić information content (AvgIpc) is 3.42. The van der Waals surface area contributed by atoms with Crippen molar-refractivity contribution in [3.8, 4) is 11.3 Å². The molecule has 6 heteroatoms. The number of carbonyl (C=O) groups is 2. The summed E-state index contributed by atoms with van der Waals surface area (Å²) in [4.78, 5) is 31.4. The van der Waals surface area contributed by atoms with Gasteiger partial charge in [0.05, 0.1) is 17.0 Å². The number of carboxylic acid groups (broad SMARTS) is 1. The fourth-order valence-electron chi connectivity index (χ4n) is 8.68. The monoisotopic (exact) mass is 611 g/mol. The van der Waals surface area contributed by atoms with Crippen LogP contribution in [-0.2, 0) is 15.0 Å². The van der Waals surface area contributed by atoms with Gasteiger partial charge in [0.15, 0.2) is 0 Å². The highest BCUT2D eigenvalue weighted by atomic mass is 16.4. The SMILES string of the molecule is Cc1cc(C)cc(-c2[nH]c3ccc(C(C)(C)C(=O)N4CC5CCC4CC5)cc3c2[C@H](C)CNCCC2CCC(C(=O)O)CC2)c1. The highest BCUT2D eigenvalue weighted by Crippen LogP contribution is 2.41. The molecule has 0 radical (unpaired) electrons. The first-order valence-corrected chi connectivity index (χ1v) is 17.5. The van der Waals surface area contributed by atoms with Gasteiger partial charge in [-0.2, -0.15) is 0 Å². The normalized spacial score (nSPS) is 24.2. The predicted molar refractivity (Wildman–Crippen MR) is 183 cm³/mol. The standard InChI is InChI=1S/C39H53N3O3/c1-24-18-25(2)20-30(19-24)36-35(26(3)22-40-17-16-27-6-10-29(11-7-27)37(43)44)33-21-31(12-15-34(33)41-36)39(4,5)38(45)42-23-28-8-13-32(42)14-9-28/h12,15,18-21,26-29,32,40-41H,6-11,13-14,16-17,22-23H2,1-5H3,(H,43,44)/t26-,27?,28?,29?,32?/m1/s1. The Labute approximate surface area is 269 Å². The van der Waals surface area contributed by atoms with Crippen molar-refractivity contribution < 1.29 is 14.7 Å². The molecular weight excluding hydrogens is 558 g/mol. The zero-order valence-electron chi connectivity index (χ0n) is 28.0. The van der Waals surface area contributed by atoms with Crippen LogP contribution in [0.2, 0.25) is 0 Å². The molecule has 3 aromatic rings. The van der Waals surface area contributed by atoms with E-state index in [1.807, 2.05) is 0 Å². The number of nitrogens with one attached hydrogen (secondary N) is 2. The maximum atomic E-state index is 14.1. The maximum Gasteiger partial charge on any atom is 0.306 e. The summed E-state index contributed by atoms with van der Waals surface area (Å²) in [5.41, 5.74) is 7.81. The van der Waals surface area contributed by atoms with Crippen molar-refractivity contribution >= 4 is 22.8 Å². The number of nitrogens with zero attached hydrogens (tertiary/aromatic N) is 1. The summed E-state index contributed by atoms with van der Waals surface area (Å²) in [5.74, 6) is 1.02. The number of carbonyl (C=O) groups excluding carboxylic acids is 1. The lowest BCUT2D eigenvalue weighted by atomic mass is 9.76. The maximum absolute atomic E-state index is 14.1. The molecular formula is C39H53N3O3. The van der Waals surface area contributed by atoms with Crippen molar-refractivity contribution in [2.45, 2.75) is 110 Å². The number of piperidine rings is 2. The lowest BCUT2D eigenvalue weighted by Gasteiger charge is -2.47. The van der Waals surface area contributed by atoms with Crippen LogP contribution in [0.5, 0.6) is 0 Å². The molecule has 242 valence electrons. The first-order chi connectivity index (χ1) is 21.5. The number of aromatic nitrogens is 1. The zero-order valence-corrected chi connectivity index (χ0v) is 28.0. The smallest absolute Gasteiger partial charge is 0.306 e. The molecule has 2 saturated carbocycles. The van der Waals surface area contributed by atoms with Crippen LogP contribution < -0.4 is 5.32 Å². The average molecular weight is 612 g/mol. The molecule has 0 spiro atoms. The molecule has 0 unspecified atom stereocenters. The Morgan fingerprint density at radius 2 is 1.67 bits per heavy atom. The van der Waals surface area contributed by atoms with E-state index in [-0.39, 0.29) is 17.7 Å². The van der Waals surface area contributed by atoms with Gasteiger partial charge in [0.25, 0.3) is 0 Å². The number of aromatic amines is 1. The van der Waals surface area contributed by atoms with Crippen LogP contribution in [0, 0.1) is 31.6 Å². The quantitative estimate of drug-likeness (QED) is 0.202. The number of benzene rings is 2. The molecule has 1 amide bonds. The summed E-state index contributed by atoms with van der Waals surface area (Å²) in [5, 5.41) is 14.3. The Morgan fingerprint density at radius 1 is 0.978 bits per heavy atom. The van der Waals surface area contributed by atoms with Crippen molar-refractivity contribution in [3.05, 3.63) is 58.7 Å². The molecule has 3 N–H and O–H groups in total. The Balaban J connectivity index is 1.25. The number of H-pyrrole nitrogens is 1. The molecule has 4 aliphatic rings. The van der Waals surface area contributed by atoms with E-state index >= 15 is 0 Å². The number of carboxylic acids is 1.